The summed E-state index contributed by atoms with van der Waals surface area (Å²) in [5, 5.41) is 11.0. The first-order chi connectivity index (χ1) is 12.9. The Morgan fingerprint density at radius 3 is 2.81 bits per heavy atom. The number of nitrogens with zero attached hydrogens (tertiary/aromatic N) is 4. The summed E-state index contributed by atoms with van der Waals surface area (Å²) in [6.07, 6.45) is 5.53. The van der Waals surface area contributed by atoms with Gasteiger partial charge in [-0.3, -0.25) is 4.98 Å². The maximum atomic E-state index is 5.74. The predicted molar refractivity (Wildman–Crippen MR) is 95.4 cm³/mol. The van der Waals surface area contributed by atoms with Crippen LogP contribution in [-0.2, 0) is 9.47 Å². The molecular formula is C18H14N4O3S. The smallest absolute Gasteiger partial charge is 0.201 e. The molecule has 8 heteroatoms. The van der Waals surface area contributed by atoms with E-state index in [4.69, 9.17) is 18.9 Å². The van der Waals surface area contributed by atoms with Crippen LogP contribution in [0.5, 0.6) is 0 Å². The summed E-state index contributed by atoms with van der Waals surface area (Å²) in [5.41, 5.74) is 3.05. The Balaban J connectivity index is 1.58. The number of hydrogen-bond acceptors (Lipinski definition) is 8. The number of pyridine rings is 2. The van der Waals surface area contributed by atoms with E-state index in [1.807, 2.05) is 24.3 Å². The maximum absolute atomic E-state index is 5.74. The van der Waals surface area contributed by atoms with E-state index in [1.54, 1.807) is 18.7 Å². The highest BCUT2D eigenvalue weighted by molar-refractivity contribution is 7.17. The lowest BCUT2D eigenvalue weighted by Crippen LogP contribution is -2.19. The van der Waals surface area contributed by atoms with Gasteiger partial charge in [0.1, 0.15) is 22.0 Å². The van der Waals surface area contributed by atoms with Crippen molar-refractivity contribution in [2.75, 3.05) is 13.2 Å². The van der Waals surface area contributed by atoms with Crippen LogP contribution in [0.25, 0.3) is 32.2 Å². The van der Waals surface area contributed by atoms with Crippen LogP contribution in [0.1, 0.15) is 18.4 Å². The van der Waals surface area contributed by atoms with Gasteiger partial charge < -0.3 is 13.9 Å². The van der Waals surface area contributed by atoms with E-state index in [0.717, 1.165) is 28.0 Å². The van der Waals surface area contributed by atoms with Gasteiger partial charge in [-0.15, -0.1) is 10.2 Å². The summed E-state index contributed by atoms with van der Waals surface area (Å²) < 4.78 is 17.1. The fourth-order valence-corrected chi connectivity index (χ4v) is 3.65. The highest BCUT2D eigenvalue weighted by atomic mass is 32.1. The van der Waals surface area contributed by atoms with Crippen LogP contribution in [0.4, 0.5) is 0 Å². The zero-order valence-corrected chi connectivity index (χ0v) is 14.5. The summed E-state index contributed by atoms with van der Waals surface area (Å²) in [5.74, 6) is 0. The Bertz CT molecular complexity index is 1040. The minimum atomic E-state index is -0.491. The van der Waals surface area contributed by atoms with Gasteiger partial charge in [0.15, 0.2) is 5.01 Å². The number of ether oxygens (including phenoxy) is 2. The molecule has 4 aromatic heterocycles. The topological polar surface area (TPSA) is 83.2 Å². The minimum Gasteiger partial charge on any atom is -0.464 e. The van der Waals surface area contributed by atoms with Crippen molar-refractivity contribution < 1.29 is 13.9 Å². The van der Waals surface area contributed by atoms with Crippen molar-refractivity contribution in [3.05, 3.63) is 48.6 Å². The lowest BCUT2D eigenvalue weighted by atomic mass is 10.2. The molecule has 7 nitrogen and oxygen atoms in total. The molecule has 1 saturated heterocycles. The molecule has 0 aliphatic carbocycles. The molecule has 0 aromatic carbocycles. The molecule has 0 saturated carbocycles. The number of fused-ring (bicyclic) bond motifs is 1. The second kappa shape index (κ2) is 6.56. The molecule has 0 unspecified atom stereocenters. The summed E-state index contributed by atoms with van der Waals surface area (Å²) >= 11 is 1.46. The maximum Gasteiger partial charge on any atom is 0.201 e. The van der Waals surface area contributed by atoms with Crippen LogP contribution in [0.2, 0.25) is 0 Å². The molecule has 1 aliphatic heterocycles. The Morgan fingerprint density at radius 1 is 1.08 bits per heavy atom. The number of furan rings is 1. The third-order valence-electron chi connectivity index (χ3n) is 4.08. The summed E-state index contributed by atoms with van der Waals surface area (Å²) in [4.78, 5) is 8.88. The van der Waals surface area contributed by atoms with Gasteiger partial charge in [-0.25, -0.2) is 4.98 Å². The van der Waals surface area contributed by atoms with Gasteiger partial charge in [0.05, 0.1) is 19.5 Å². The zero-order valence-electron chi connectivity index (χ0n) is 13.7. The van der Waals surface area contributed by atoms with Crippen LogP contribution < -0.4 is 0 Å². The van der Waals surface area contributed by atoms with Gasteiger partial charge in [-0.1, -0.05) is 11.3 Å². The molecule has 0 amide bonds. The zero-order chi connectivity index (χ0) is 17.3. The molecule has 0 spiro atoms. The van der Waals surface area contributed by atoms with Gasteiger partial charge in [-0.05, 0) is 24.6 Å². The molecule has 5 heterocycles. The average Bonchev–Trinajstić information content (AvgIpc) is 3.38. The SMILES string of the molecule is c1cncc(-c2nnc(-c3cc4occc4c(C4OCCCO4)n3)s2)c1. The van der Waals surface area contributed by atoms with Gasteiger partial charge >= 0.3 is 0 Å². The van der Waals surface area contributed by atoms with Gasteiger partial charge in [-0.2, -0.15) is 0 Å². The van der Waals surface area contributed by atoms with E-state index in [1.165, 1.54) is 11.3 Å². The molecule has 1 fully saturated rings. The van der Waals surface area contributed by atoms with E-state index in [9.17, 15) is 0 Å². The molecule has 5 rings (SSSR count). The lowest BCUT2D eigenvalue weighted by molar-refractivity contribution is -0.184. The monoisotopic (exact) mass is 366 g/mol. The Morgan fingerprint density at radius 2 is 1.96 bits per heavy atom. The normalized spacial score (nSPS) is 15.5. The molecular weight excluding hydrogens is 352 g/mol. The second-order valence-corrected chi connectivity index (χ2v) is 6.78. The number of rotatable bonds is 3. The van der Waals surface area contributed by atoms with E-state index in [-0.39, 0.29) is 0 Å². The Labute approximate surface area is 152 Å². The first kappa shape index (κ1) is 15.6. The Kier molecular flexibility index (Phi) is 3.93. The third kappa shape index (κ3) is 2.78. The standard InChI is InChI=1S/C18H14N4O3S/c1-3-11(10-19-5-1)16-21-22-17(26-16)13-9-14-12(4-8-23-14)15(20-13)18-24-6-2-7-25-18/h1,3-5,8-10,18H,2,6-7H2. The van der Waals surface area contributed by atoms with Crippen LogP contribution in [-0.4, -0.2) is 33.4 Å². The van der Waals surface area contributed by atoms with Crippen LogP contribution in [0.3, 0.4) is 0 Å². The summed E-state index contributed by atoms with van der Waals surface area (Å²) in [6.45, 7) is 1.31. The van der Waals surface area contributed by atoms with Crippen molar-refractivity contribution in [3.8, 4) is 21.3 Å². The molecule has 4 aromatic rings. The average molecular weight is 366 g/mol. The predicted octanol–water partition coefficient (Wildman–Crippen LogP) is 3.84. The summed E-state index contributed by atoms with van der Waals surface area (Å²) in [7, 11) is 0. The summed E-state index contributed by atoms with van der Waals surface area (Å²) in [6, 6.07) is 7.58. The number of aromatic nitrogens is 4. The molecule has 0 bridgehead atoms. The second-order valence-electron chi connectivity index (χ2n) is 5.81. The van der Waals surface area contributed by atoms with E-state index < -0.39 is 6.29 Å². The molecule has 0 atom stereocenters. The van der Waals surface area contributed by atoms with Crippen LogP contribution in [0.15, 0.2) is 47.3 Å². The highest BCUT2D eigenvalue weighted by Crippen LogP contribution is 2.34. The molecule has 130 valence electrons. The minimum absolute atomic E-state index is 0.491. The van der Waals surface area contributed by atoms with Crippen molar-refractivity contribution in [2.45, 2.75) is 12.7 Å². The largest absolute Gasteiger partial charge is 0.464 e. The molecule has 0 radical (unpaired) electrons. The van der Waals surface area contributed by atoms with Gasteiger partial charge in [0.2, 0.25) is 6.29 Å². The van der Waals surface area contributed by atoms with E-state index in [2.05, 4.69) is 15.2 Å². The fraction of sp³-hybridized carbons (Fsp3) is 0.222. The first-order valence-electron chi connectivity index (χ1n) is 8.24. The highest BCUT2D eigenvalue weighted by Gasteiger charge is 2.23. The van der Waals surface area contributed by atoms with Crippen molar-refractivity contribution in [2.24, 2.45) is 0 Å². The van der Waals surface area contributed by atoms with E-state index in [0.29, 0.717) is 29.6 Å². The quantitative estimate of drug-likeness (QED) is 0.544. The van der Waals surface area contributed by atoms with Crippen molar-refractivity contribution in [1.82, 2.24) is 20.2 Å². The van der Waals surface area contributed by atoms with Gasteiger partial charge in [0, 0.05) is 29.4 Å². The van der Waals surface area contributed by atoms with Gasteiger partial charge in [0.25, 0.3) is 0 Å². The van der Waals surface area contributed by atoms with Crippen LogP contribution >= 0.6 is 11.3 Å². The first-order valence-corrected chi connectivity index (χ1v) is 9.06. The van der Waals surface area contributed by atoms with Crippen molar-refractivity contribution in [1.29, 1.82) is 0 Å². The fourth-order valence-electron chi connectivity index (χ4n) is 2.86. The number of hydrogen-bond donors (Lipinski definition) is 0. The Hall–Kier alpha value is -2.68. The van der Waals surface area contributed by atoms with E-state index >= 15 is 0 Å². The lowest BCUT2D eigenvalue weighted by Gasteiger charge is -2.23. The third-order valence-corrected chi connectivity index (χ3v) is 5.08. The van der Waals surface area contributed by atoms with Crippen LogP contribution in [0, 0.1) is 0 Å². The molecule has 0 N–H and O–H groups in total. The van der Waals surface area contributed by atoms with Crippen molar-refractivity contribution >= 4 is 22.3 Å². The van der Waals surface area contributed by atoms with Crippen molar-refractivity contribution in [3.63, 3.8) is 0 Å². The molecule has 26 heavy (non-hydrogen) atoms. The molecule has 1 aliphatic rings.